The van der Waals surface area contributed by atoms with Crippen molar-refractivity contribution in [3.8, 4) is 0 Å². The lowest BCUT2D eigenvalue weighted by molar-refractivity contribution is -0.378. The molecular weight excluding hydrogens is 1010 g/mol. The standard InChI is InChI=1S/C55H94O22/c1-24(27-16-17-53(7)34-13-11-28-29(55(34,9)35(60)19-54(27,53)8)12-15-36(51(28,3)4)75-48-39(62)30(59)18-26(20-56)71-48)10-14-37(52(5,6)69)76-50-46(77-49-44(67)38(61)25(2)31(21-57)72-49)43(66)41(64)33(74-50)23-70-47-45(68)42(65)40(63)32(22-58)73-47/h11,24-27,29-50,56-69H,10,12-23H2,1-9H3/t24-,25-,26+,27-,29-,30+,31-,32-,33-,34+,35-,36+,37-,38+,39-,40-,41-,42+,43+,44-,45-,46-,47-,48+,49+,50+,53+,54-,55+/m1/s1. The van der Waals surface area contributed by atoms with Crippen LogP contribution >= 0.6 is 0 Å². The zero-order valence-electron chi connectivity index (χ0n) is 46.3. The third-order valence-corrected chi connectivity index (χ3v) is 21.0. The van der Waals surface area contributed by atoms with Gasteiger partial charge in [-0.3, -0.25) is 0 Å². The molecule has 8 rings (SSSR count). The first-order chi connectivity index (χ1) is 36.0. The van der Waals surface area contributed by atoms with E-state index in [-0.39, 0.29) is 60.1 Å². The molecule has 4 aliphatic heterocycles. The second-order valence-corrected chi connectivity index (χ2v) is 26.1. The smallest absolute Gasteiger partial charge is 0.187 e. The molecule has 4 saturated heterocycles. The second-order valence-electron chi connectivity index (χ2n) is 26.1. The van der Waals surface area contributed by atoms with Gasteiger partial charge >= 0.3 is 0 Å². The van der Waals surface area contributed by atoms with Crippen LogP contribution in [0.5, 0.6) is 0 Å². The maximum Gasteiger partial charge on any atom is 0.187 e. The lowest BCUT2D eigenvalue weighted by atomic mass is 9.38. The van der Waals surface area contributed by atoms with Crippen LogP contribution in [-0.4, -0.2) is 232 Å². The first-order valence-electron chi connectivity index (χ1n) is 28.3. The maximum atomic E-state index is 12.7. The van der Waals surface area contributed by atoms with Gasteiger partial charge in [-0.1, -0.05) is 60.1 Å². The average molecular weight is 1110 g/mol. The fourth-order valence-electron chi connectivity index (χ4n) is 15.8. The highest BCUT2D eigenvalue weighted by molar-refractivity contribution is 5.32. The Balaban J connectivity index is 0.987. The van der Waals surface area contributed by atoms with E-state index in [9.17, 15) is 71.5 Å². The Hall–Kier alpha value is -1.14. The molecule has 0 unspecified atom stereocenters. The van der Waals surface area contributed by atoms with Crippen molar-refractivity contribution in [1.29, 1.82) is 0 Å². The number of hydrogen-bond acceptors (Lipinski definition) is 22. The summed E-state index contributed by atoms with van der Waals surface area (Å²) in [5, 5.41) is 152. The predicted octanol–water partition coefficient (Wildman–Crippen LogP) is -0.927. The number of fused-ring (bicyclic) bond motifs is 5. The van der Waals surface area contributed by atoms with E-state index in [2.05, 4.69) is 47.6 Å². The molecule has 4 heterocycles. The lowest BCUT2D eigenvalue weighted by Gasteiger charge is -2.67. The van der Waals surface area contributed by atoms with Crippen molar-refractivity contribution >= 4 is 0 Å². The topological polar surface area (TPSA) is 357 Å². The fourth-order valence-corrected chi connectivity index (χ4v) is 15.8. The minimum absolute atomic E-state index is 0.0467. The molecular formula is C55H94O22. The Morgan fingerprint density at radius 2 is 1.29 bits per heavy atom. The predicted molar refractivity (Wildman–Crippen MR) is 269 cm³/mol. The maximum absolute atomic E-state index is 12.7. The number of hydrogen-bond donors (Lipinski definition) is 14. The van der Waals surface area contributed by atoms with Gasteiger partial charge in [0.1, 0.15) is 61.0 Å². The van der Waals surface area contributed by atoms with E-state index in [1.165, 1.54) is 5.57 Å². The third-order valence-electron chi connectivity index (χ3n) is 21.0. The molecule has 0 aromatic rings. The fraction of sp³-hybridized carbons (Fsp3) is 0.964. The Morgan fingerprint density at radius 1 is 0.662 bits per heavy atom. The van der Waals surface area contributed by atoms with E-state index in [1.54, 1.807) is 20.8 Å². The second kappa shape index (κ2) is 23.5. The first kappa shape index (κ1) is 61.9. The molecule has 22 heteroatoms. The number of rotatable bonds is 17. The van der Waals surface area contributed by atoms with Crippen molar-refractivity contribution in [3.05, 3.63) is 11.6 Å². The van der Waals surface area contributed by atoms with Gasteiger partial charge in [-0.05, 0) is 99.7 Å². The summed E-state index contributed by atoms with van der Waals surface area (Å²) in [6.07, 6.45) is -20.5. The monoisotopic (exact) mass is 1110 g/mol. The normalized spacial score (nSPS) is 51.0. The largest absolute Gasteiger partial charge is 0.394 e. The third kappa shape index (κ3) is 11.1. The zero-order valence-corrected chi connectivity index (χ0v) is 46.3. The highest BCUT2D eigenvalue weighted by atomic mass is 16.8. The Morgan fingerprint density at radius 3 is 1.94 bits per heavy atom. The van der Waals surface area contributed by atoms with Crippen LogP contribution in [-0.2, 0) is 37.9 Å². The van der Waals surface area contributed by atoms with Crippen LogP contribution in [0.2, 0.25) is 0 Å². The van der Waals surface area contributed by atoms with E-state index < -0.39 is 165 Å². The SMILES string of the molecule is C[C@H]1[C@H](O)[C@@H](O)[C@H](O[C@H]2[C@H](O[C@H](CC[C@@H](C)[C@H]3CC[C@@]4(C)[C@@H]5CC=C6[C@@H](CC[C@H](O[C@@H]7O[C@H](CO)C[C@H](O)[C@H]7O)C6(C)C)[C@]5(C)[C@H](O)C[C@]34C)C(C)(C)O)O[C@H](CO[C@@H]3O[C@H](CO)[C@@H](O)[C@H](O)[C@H]3O)[C@@H](O)[C@@H]2O)O[C@@H]1CO. The Labute approximate surface area is 452 Å². The molecule has 446 valence electrons. The number of aliphatic hydroxyl groups is 14. The number of aliphatic hydroxyl groups excluding tert-OH is 13. The van der Waals surface area contributed by atoms with Crippen molar-refractivity contribution in [1.82, 2.24) is 0 Å². The van der Waals surface area contributed by atoms with E-state index in [4.69, 9.17) is 37.9 Å². The van der Waals surface area contributed by atoms with E-state index in [0.29, 0.717) is 19.3 Å². The van der Waals surface area contributed by atoms with E-state index in [0.717, 1.165) is 25.7 Å². The molecule has 14 N–H and O–H groups in total. The van der Waals surface area contributed by atoms with Crippen molar-refractivity contribution in [2.75, 3.05) is 26.4 Å². The Bertz CT molecular complexity index is 1990. The van der Waals surface area contributed by atoms with Gasteiger partial charge in [0.2, 0.25) is 0 Å². The molecule has 77 heavy (non-hydrogen) atoms. The highest BCUT2D eigenvalue weighted by Gasteiger charge is 2.70. The minimum Gasteiger partial charge on any atom is -0.394 e. The van der Waals surface area contributed by atoms with Crippen LogP contribution < -0.4 is 0 Å². The first-order valence-corrected chi connectivity index (χ1v) is 28.3. The molecule has 0 aromatic carbocycles. The molecule has 4 aliphatic carbocycles. The summed E-state index contributed by atoms with van der Waals surface area (Å²) in [7, 11) is 0. The van der Waals surface area contributed by atoms with Crippen molar-refractivity contribution < 1.29 is 109 Å². The summed E-state index contributed by atoms with van der Waals surface area (Å²) in [4.78, 5) is 0. The number of allylic oxidation sites excluding steroid dienone is 1. The zero-order chi connectivity index (χ0) is 56.6. The van der Waals surface area contributed by atoms with Crippen LogP contribution in [0.3, 0.4) is 0 Å². The van der Waals surface area contributed by atoms with Crippen molar-refractivity contribution in [2.24, 2.45) is 51.2 Å². The van der Waals surface area contributed by atoms with Gasteiger partial charge in [0.25, 0.3) is 0 Å². The van der Waals surface area contributed by atoms with Crippen LogP contribution in [0, 0.1) is 51.2 Å². The van der Waals surface area contributed by atoms with Gasteiger partial charge in [0, 0.05) is 23.2 Å². The molecule has 0 radical (unpaired) electrons. The molecule has 0 amide bonds. The van der Waals surface area contributed by atoms with Crippen LogP contribution in [0.15, 0.2) is 11.6 Å². The average Bonchev–Trinajstić information content (AvgIpc) is 3.89. The van der Waals surface area contributed by atoms with Gasteiger partial charge in [0.05, 0.1) is 74.8 Å². The molecule has 7 fully saturated rings. The Kier molecular flexibility index (Phi) is 18.9. The van der Waals surface area contributed by atoms with E-state index >= 15 is 0 Å². The van der Waals surface area contributed by atoms with Gasteiger partial charge in [-0.25, -0.2) is 0 Å². The minimum atomic E-state index is -1.86. The summed E-state index contributed by atoms with van der Waals surface area (Å²) in [6, 6.07) is 0. The molecule has 0 spiro atoms. The van der Waals surface area contributed by atoms with Crippen LogP contribution in [0.25, 0.3) is 0 Å². The summed E-state index contributed by atoms with van der Waals surface area (Å²) < 4.78 is 48.5. The van der Waals surface area contributed by atoms with Crippen LogP contribution in [0.1, 0.15) is 120 Å². The molecule has 8 aliphatic rings. The summed E-state index contributed by atoms with van der Waals surface area (Å²) in [5.74, 6) is -0.306. The molecule has 22 nitrogen and oxygen atoms in total. The van der Waals surface area contributed by atoms with Crippen molar-refractivity contribution in [2.45, 2.75) is 255 Å². The van der Waals surface area contributed by atoms with Crippen LogP contribution in [0.4, 0.5) is 0 Å². The van der Waals surface area contributed by atoms with Crippen molar-refractivity contribution in [3.63, 3.8) is 0 Å². The highest BCUT2D eigenvalue weighted by Crippen LogP contribution is 2.75. The summed E-state index contributed by atoms with van der Waals surface area (Å²) in [5.41, 5.74) is -1.75. The number of ether oxygens (including phenoxy) is 8. The van der Waals surface area contributed by atoms with Gasteiger partial charge in [0.15, 0.2) is 25.2 Å². The lowest BCUT2D eigenvalue weighted by Crippen LogP contribution is -2.65. The van der Waals surface area contributed by atoms with Gasteiger partial charge in [-0.15, -0.1) is 0 Å². The van der Waals surface area contributed by atoms with Gasteiger partial charge < -0.3 is 109 Å². The summed E-state index contributed by atoms with van der Waals surface area (Å²) >= 11 is 0. The molecule has 29 atom stereocenters. The van der Waals surface area contributed by atoms with Gasteiger partial charge in [-0.2, -0.15) is 0 Å². The summed E-state index contributed by atoms with van der Waals surface area (Å²) in [6.45, 7) is 16.0. The quantitative estimate of drug-likeness (QED) is 0.0783. The molecule has 0 bridgehead atoms. The molecule has 0 aromatic heterocycles. The molecule has 3 saturated carbocycles. The van der Waals surface area contributed by atoms with E-state index in [1.807, 2.05) is 0 Å².